The molecule has 0 bridgehead atoms. The van der Waals surface area contributed by atoms with Crippen molar-refractivity contribution in [1.82, 2.24) is 0 Å². The highest BCUT2D eigenvalue weighted by atomic mass is 19.4. The molecule has 0 heterocycles. The Kier molecular flexibility index (Phi) is 3.62. The standard InChI is InChI=1S/C10H10F3NO3/c11-10(12,13)7(8(14)9(16)17)5-1-3-6(15)4-2-5/h1-4,7-8,15H,14H2,(H,16,17). The summed E-state index contributed by atoms with van der Waals surface area (Å²) >= 11 is 0. The fourth-order valence-electron chi connectivity index (χ4n) is 1.42. The topological polar surface area (TPSA) is 83.6 Å². The van der Waals surface area contributed by atoms with Gasteiger partial charge < -0.3 is 15.9 Å². The number of hydrogen-bond donors (Lipinski definition) is 3. The van der Waals surface area contributed by atoms with E-state index in [1.54, 1.807) is 0 Å². The fourth-order valence-corrected chi connectivity index (χ4v) is 1.42. The maximum atomic E-state index is 12.7. The van der Waals surface area contributed by atoms with Crippen LogP contribution in [0.1, 0.15) is 11.5 Å². The molecule has 0 aliphatic carbocycles. The summed E-state index contributed by atoms with van der Waals surface area (Å²) in [4.78, 5) is 10.6. The second-order valence-electron chi connectivity index (χ2n) is 3.47. The van der Waals surface area contributed by atoms with Crippen LogP contribution >= 0.6 is 0 Å². The Morgan fingerprint density at radius 1 is 1.24 bits per heavy atom. The molecule has 0 spiro atoms. The lowest BCUT2D eigenvalue weighted by Crippen LogP contribution is -2.43. The number of halogens is 3. The molecule has 17 heavy (non-hydrogen) atoms. The van der Waals surface area contributed by atoms with E-state index < -0.39 is 24.1 Å². The van der Waals surface area contributed by atoms with Gasteiger partial charge in [-0.05, 0) is 17.7 Å². The molecule has 0 fully saturated rings. The van der Waals surface area contributed by atoms with Gasteiger partial charge in [0.1, 0.15) is 17.7 Å². The average molecular weight is 249 g/mol. The molecular formula is C10H10F3NO3. The summed E-state index contributed by atoms with van der Waals surface area (Å²) in [5.41, 5.74) is 4.73. The third-order valence-electron chi connectivity index (χ3n) is 2.25. The minimum atomic E-state index is -4.77. The maximum absolute atomic E-state index is 12.7. The van der Waals surface area contributed by atoms with Crippen LogP contribution in [0.4, 0.5) is 13.2 Å². The lowest BCUT2D eigenvalue weighted by atomic mass is 9.91. The largest absolute Gasteiger partial charge is 0.508 e. The number of nitrogens with two attached hydrogens (primary N) is 1. The predicted molar refractivity (Wildman–Crippen MR) is 52.5 cm³/mol. The van der Waals surface area contributed by atoms with Crippen LogP contribution in [0.25, 0.3) is 0 Å². The molecule has 0 amide bonds. The highest BCUT2D eigenvalue weighted by molar-refractivity contribution is 5.75. The van der Waals surface area contributed by atoms with Crippen LogP contribution in [0.2, 0.25) is 0 Å². The highest BCUT2D eigenvalue weighted by Gasteiger charge is 2.47. The van der Waals surface area contributed by atoms with Crippen molar-refractivity contribution in [2.24, 2.45) is 5.73 Å². The molecule has 0 radical (unpaired) electrons. The maximum Gasteiger partial charge on any atom is 0.397 e. The minimum absolute atomic E-state index is 0.210. The van der Waals surface area contributed by atoms with Gasteiger partial charge in [0.2, 0.25) is 0 Å². The van der Waals surface area contributed by atoms with Crippen molar-refractivity contribution in [2.45, 2.75) is 18.1 Å². The van der Waals surface area contributed by atoms with E-state index in [1.807, 2.05) is 0 Å². The van der Waals surface area contributed by atoms with E-state index in [0.29, 0.717) is 0 Å². The van der Waals surface area contributed by atoms with Gasteiger partial charge in [0, 0.05) is 0 Å². The Morgan fingerprint density at radius 2 is 1.71 bits per heavy atom. The van der Waals surface area contributed by atoms with Crippen LogP contribution in [-0.4, -0.2) is 28.4 Å². The highest BCUT2D eigenvalue weighted by Crippen LogP contribution is 2.37. The fraction of sp³-hybridized carbons (Fsp3) is 0.300. The Bertz CT molecular complexity index is 402. The molecule has 2 unspecified atom stereocenters. The number of rotatable bonds is 3. The molecular weight excluding hydrogens is 239 g/mol. The number of phenols is 1. The zero-order valence-corrected chi connectivity index (χ0v) is 8.48. The van der Waals surface area contributed by atoms with Crippen LogP contribution in [0.5, 0.6) is 5.75 Å². The second kappa shape index (κ2) is 4.62. The molecule has 0 saturated heterocycles. The van der Waals surface area contributed by atoms with Crippen molar-refractivity contribution in [1.29, 1.82) is 0 Å². The van der Waals surface area contributed by atoms with Gasteiger partial charge in [-0.2, -0.15) is 13.2 Å². The minimum Gasteiger partial charge on any atom is -0.508 e. The van der Waals surface area contributed by atoms with Crippen LogP contribution in [0, 0.1) is 0 Å². The second-order valence-corrected chi connectivity index (χ2v) is 3.47. The molecule has 4 N–H and O–H groups in total. The van der Waals surface area contributed by atoms with E-state index >= 15 is 0 Å². The van der Waals surface area contributed by atoms with E-state index in [0.717, 1.165) is 24.3 Å². The normalized spacial score (nSPS) is 15.3. The summed E-state index contributed by atoms with van der Waals surface area (Å²) in [7, 11) is 0. The average Bonchev–Trinajstić information content (AvgIpc) is 2.19. The summed E-state index contributed by atoms with van der Waals surface area (Å²) in [6.45, 7) is 0. The number of benzene rings is 1. The molecule has 7 heteroatoms. The van der Waals surface area contributed by atoms with Crippen molar-refractivity contribution < 1.29 is 28.2 Å². The van der Waals surface area contributed by atoms with E-state index in [9.17, 15) is 18.0 Å². The van der Waals surface area contributed by atoms with Gasteiger partial charge in [0.05, 0.1) is 0 Å². The molecule has 0 aromatic heterocycles. The van der Waals surface area contributed by atoms with Crippen LogP contribution in [0.3, 0.4) is 0 Å². The third-order valence-corrected chi connectivity index (χ3v) is 2.25. The zero-order valence-electron chi connectivity index (χ0n) is 8.48. The van der Waals surface area contributed by atoms with E-state index in [4.69, 9.17) is 15.9 Å². The number of hydrogen-bond acceptors (Lipinski definition) is 3. The molecule has 0 aliphatic rings. The smallest absolute Gasteiger partial charge is 0.397 e. The Labute approximate surface area is 94.5 Å². The molecule has 1 aromatic rings. The Morgan fingerprint density at radius 3 is 2.06 bits per heavy atom. The van der Waals surface area contributed by atoms with Gasteiger partial charge >= 0.3 is 12.1 Å². The number of carboxylic acid groups (broad SMARTS) is 1. The first-order chi connectivity index (χ1) is 7.73. The Balaban J connectivity index is 3.15. The van der Waals surface area contributed by atoms with Gasteiger partial charge in [-0.25, -0.2) is 0 Å². The van der Waals surface area contributed by atoms with Crippen molar-refractivity contribution in [3.63, 3.8) is 0 Å². The lowest BCUT2D eigenvalue weighted by Gasteiger charge is -2.23. The summed E-state index contributed by atoms with van der Waals surface area (Å²) < 4.78 is 38.1. The van der Waals surface area contributed by atoms with Crippen molar-refractivity contribution in [3.8, 4) is 5.75 Å². The molecule has 1 aromatic carbocycles. The summed E-state index contributed by atoms with van der Waals surface area (Å²) in [5, 5.41) is 17.5. The third kappa shape index (κ3) is 3.10. The van der Waals surface area contributed by atoms with E-state index in [2.05, 4.69) is 0 Å². The molecule has 4 nitrogen and oxygen atoms in total. The zero-order chi connectivity index (χ0) is 13.2. The van der Waals surface area contributed by atoms with Gasteiger partial charge in [0.15, 0.2) is 0 Å². The summed E-state index contributed by atoms with van der Waals surface area (Å²) in [6.07, 6.45) is -4.77. The number of carbonyl (C=O) groups is 1. The van der Waals surface area contributed by atoms with Crippen molar-refractivity contribution in [2.75, 3.05) is 0 Å². The number of aromatic hydroxyl groups is 1. The number of aliphatic carboxylic acids is 1. The van der Waals surface area contributed by atoms with Gasteiger partial charge in [-0.15, -0.1) is 0 Å². The first-order valence-electron chi connectivity index (χ1n) is 4.57. The van der Waals surface area contributed by atoms with Gasteiger partial charge in [0.25, 0.3) is 0 Å². The van der Waals surface area contributed by atoms with Gasteiger partial charge in [-0.1, -0.05) is 12.1 Å². The molecule has 0 aliphatic heterocycles. The predicted octanol–water partition coefficient (Wildman–Crippen LogP) is 1.45. The SMILES string of the molecule is NC(C(=O)O)C(c1ccc(O)cc1)C(F)(F)F. The van der Waals surface area contributed by atoms with Crippen molar-refractivity contribution in [3.05, 3.63) is 29.8 Å². The lowest BCUT2D eigenvalue weighted by molar-refractivity contribution is -0.167. The first kappa shape index (κ1) is 13.3. The van der Waals surface area contributed by atoms with E-state index in [1.165, 1.54) is 0 Å². The molecule has 1 rings (SSSR count). The van der Waals surface area contributed by atoms with Gasteiger partial charge in [-0.3, -0.25) is 4.79 Å². The van der Waals surface area contributed by atoms with Crippen LogP contribution in [0.15, 0.2) is 24.3 Å². The first-order valence-corrected chi connectivity index (χ1v) is 4.57. The number of carboxylic acids is 1. The van der Waals surface area contributed by atoms with Crippen LogP contribution in [-0.2, 0) is 4.79 Å². The van der Waals surface area contributed by atoms with Crippen LogP contribution < -0.4 is 5.73 Å². The summed E-state index contributed by atoms with van der Waals surface area (Å²) in [6, 6.07) is 2.00. The quantitative estimate of drug-likeness (QED) is 0.757. The summed E-state index contributed by atoms with van der Waals surface area (Å²) in [5.74, 6) is -4.25. The number of alkyl halides is 3. The monoisotopic (exact) mass is 249 g/mol. The molecule has 0 saturated carbocycles. The van der Waals surface area contributed by atoms with E-state index in [-0.39, 0.29) is 11.3 Å². The molecule has 2 atom stereocenters. The number of phenolic OH excluding ortho intramolecular Hbond substituents is 1. The van der Waals surface area contributed by atoms with Crippen molar-refractivity contribution >= 4 is 5.97 Å². The molecule has 94 valence electrons. The Hall–Kier alpha value is -1.76.